The standard InChI is InChI=1S/C20H20Br2N2O3/c21-15-6-7-16(22)17(12-15)23-18(25)13-24-10-8-20(9-11-24,19(26)27)14-4-2-1-3-5-14/h1-7,12H,8-11,13H2,(H,23,25)(H,26,27). The summed E-state index contributed by atoms with van der Waals surface area (Å²) in [6.07, 6.45) is 0.973. The number of carboxylic acids is 1. The highest BCUT2D eigenvalue weighted by Crippen LogP contribution is 2.36. The van der Waals surface area contributed by atoms with Crippen LogP contribution in [0.5, 0.6) is 0 Å². The maximum absolute atomic E-state index is 12.4. The zero-order valence-corrected chi connectivity index (χ0v) is 17.8. The van der Waals surface area contributed by atoms with Gasteiger partial charge in [-0.1, -0.05) is 46.3 Å². The highest BCUT2D eigenvalue weighted by Gasteiger charge is 2.43. The van der Waals surface area contributed by atoms with Crippen molar-refractivity contribution in [3.63, 3.8) is 0 Å². The van der Waals surface area contributed by atoms with E-state index >= 15 is 0 Å². The molecule has 0 aromatic heterocycles. The van der Waals surface area contributed by atoms with E-state index in [1.165, 1.54) is 0 Å². The molecule has 0 atom stereocenters. The number of piperidine rings is 1. The van der Waals surface area contributed by atoms with Gasteiger partial charge in [-0.15, -0.1) is 0 Å². The number of hydrogen-bond acceptors (Lipinski definition) is 3. The number of nitrogens with zero attached hydrogens (tertiary/aromatic N) is 1. The molecule has 0 unspecified atom stereocenters. The summed E-state index contributed by atoms with van der Waals surface area (Å²) in [6, 6.07) is 15.0. The van der Waals surface area contributed by atoms with Crippen molar-refractivity contribution >= 4 is 49.4 Å². The van der Waals surface area contributed by atoms with Gasteiger partial charge in [0.1, 0.15) is 0 Å². The van der Waals surface area contributed by atoms with E-state index in [0.717, 1.165) is 14.5 Å². The number of hydrogen-bond donors (Lipinski definition) is 2. The van der Waals surface area contributed by atoms with E-state index in [-0.39, 0.29) is 12.5 Å². The highest BCUT2D eigenvalue weighted by molar-refractivity contribution is 9.11. The van der Waals surface area contributed by atoms with Crippen LogP contribution in [-0.4, -0.2) is 41.5 Å². The predicted molar refractivity (Wildman–Crippen MR) is 112 cm³/mol. The average molecular weight is 496 g/mol. The van der Waals surface area contributed by atoms with Crippen molar-refractivity contribution in [3.8, 4) is 0 Å². The fourth-order valence-corrected chi connectivity index (χ4v) is 4.17. The van der Waals surface area contributed by atoms with E-state index in [1.54, 1.807) is 0 Å². The van der Waals surface area contributed by atoms with Gasteiger partial charge in [0.15, 0.2) is 0 Å². The Morgan fingerprint density at radius 2 is 1.74 bits per heavy atom. The Morgan fingerprint density at radius 3 is 2.37 bits per heavy atom. The van der Waals surface area contributed by atoms with Crippen LogP contribution >= 0.6 is 31.9 Å². The molecule has 2 aromatic rings. The normalized spacial score (nSPS) is 16.7. The van der Waals surface area contributed by atoms with Gasteiger partial charge in [-0.3, -0.25) is 14.5 Å². The Morgan fingerprint density at radius 1 is 1.07 bits per heavy atom. The Labute approximate surface area is 175 Å². The maximum Gasteiger partial charge on any atom is 0.314 e. The van der Waals surface area contributed by atoms with Crippen molar-refractivity contribution in [1.82, 2.24) is 4.90 Å². The number of rotatable bonds is 5. The lowest BCUT2D eigenvalue weighted by Crippen LogP contribution is -2.49. The van der Waals surface area contributed by atoms with E-state index < -0.39 is 11.4 Å². The van der Waals surface area contributed by atoms with E-state index in [4.69, 9.17) is 0 Å². The number of aliphatic carboxylic acids is 1. The number of nitrogens with one attached hydrogen (secondary N) is 1. The summed E-state index contributed by atoms with van der Waals surface area (Å²) < 4.78 is 1.69. The molecule has 0 bridgehead atoms. The first-order valence-corrected chi connectivity index (χ1v) is 10.3. The summed E-state index contributed by atoms with van der Waals surface area (Å²) in [5.74, 6) is -0.910. The first-order valence-electron chi connectivity index (χ1n) is 8.67. The number of anilines is 1. The molecular weight excluding hydrogens is 476 g/mol. The van der Waals surface area contributed by atoms with Crippen LogP contribution in [0.2, 0.25) is 0 Å². The van der Waals surface area contributed by atoms with Gasteiger partial charge in [0, 0.05) is 22.0 Å². The molecule has 1 amide bonds. The molecule has 142 valence electrons. The quantitative estimate of drug-likeness (QED) is 0.649. The van der Waals surface area contributed by atoms with Crippen LogP contribution in [0.15, 0.2) is 57.5 Å². The fourth-order valence-electron chi connectivity index (χ4n) is 3.46. The highest BCUT2D eigenvalue weighted by atomic mass is 79.9. The van der Waals surface area contributed by atoms with Crippen molar-refractivity contribution < 1.29 is 14.7 Å². The van der Waals surface area contributed by atoms with Gasteiger partial charge in [-0.25, -0.2) is 0 Å². The van der Waals surface area contributed by atoms with Gasteiger partial charge in [-0.05, 0) is 52.5 Å². The molecule has 27 heavy (non-hydrogen) atoms. The van der Waals surface area contributed by atoms with Crippen LogP contribution in [0.1, 0.15) is 18.4 Å². The van der Waals surface area contributed by atoms with E-state index in [0.29, 0.717) is 31.6 Å². The number of carbonyl (C=O) groups excluding carboxylic acids is 1. The molecule has 0 spiro atoms. The van der Waals surface area contributed by atoms with Gasteiger partial charge in [0.2, 0.25) is 5.91 Å². The lowest BCUT2D eigenvalue weighted by Gasteiger charge is -2.39. The van der Waals surface area contributed by atoms with Crippen LogP contribution in [0.3, 0.4) is 0 Å². The Hall–Kier alpha value is -1.70. The number of likely N-dealkylation sites (tertiary alicyclic amines) is 1. The van der Waals surface area contributed by atoms with Crippen molar-refractivity contribution in [2.45, 2.75) is 18.3 Å². The molecule has 2 N–H and O–H groups in total. The third kappa shape index (κ3) is 4.59. The third-order valence-corrected chi connectivity index (χ3v) is 6.20. The first-order chi connectivity index (χ1) is 12.9. The van der Waals surface area contributed by atoms with Gasteiger partial charge < -0.3 is 10.4 Å². The molecule has 1 heterocycles. The molecule has 1 aliphatic heterocycles. The molecule has 1 fully saturated rings. The second-order valence-electron chi connectivity index (χ2n) is 6.70. The molecule has 0 saturated carbocycles. The Balaban J connectivity index is 1.62. The lowest BCUT2D eigenvalue weighted by atomic mass is 9.73. The zero-order valence-electron chi connectivity index (χ0n) is 14.6. The van der Waals surface area contributed by atoms with Crippen molar-refractivity contribution in [2.24, 2.45) is 0 Å². The minimum absolute atomic E-state index is 0.115. The molecular formula is C20H20Br2N2O3. The Kier molecular flexibility index (Phi) is 6.34. The topological polar surface area (TPSA) is 69.6 Å². The van der Waals surface area contributed by atoms with Crippen molar-refractivity contribution in [1.29, 1.82) is 0 Å². The van der Waals surface area contributed by atoms with Gasteiger partial charge in [-0.2, -0.15) is 0 Å². The minimum Gasteiger partial charge on any atom is -0.481 e. The summed E-state index contributed by atoms with van der Waals surface area (Å²) >= 11 is 6.82. The summed E-state index contributed by atoms with van der Waals surface area (Å²) in [4.78, 5) is 26.4. The van der Waals surface area contributed by atoms with Crippen molar-refractivity contribution in [2.75, 3.05) is 25.0 Å². The lowest BCUT2D eigenvalue weighted by molar-refractivity contribution is -0.146. The minimum atomic E-state index is -0.873. The van der Waals surface area contributed by atoms with Gasteiger partial charge in [0.05, 0.1) is 17.6 Å². The van der Waals surface area contributed by atoms with Gasteiger partial charge >= 0.3 is 5.97 Å². The largest absolute Gasteiger partial charge is 0.481 e. The second kappa shape index (κ2) is 8.54. The molecule has 2 aromatic carbocycles. The molecule has 1 saturated heterocycles. The SMILES string of the molecule is O=C(CN1CCC(C(=O)O)(c2ccccc2)CC1)Nc1cc(Br)ccc1Br. The number of carboxylic acid groups (broad SMARTS) is 1. The summed E-state index contributed by atoms with van der Waals surface area (Å²) in [5.41, 5.74) is 0.664. The summed E-state index contributed by atoms with van der Waals surface area (Å²) in [7, 11) is 0. The molecule has 5 nitrogen and oxygen atoms in total. The van der Waals surface area contributed by atoms with Crippen LogP contribution in [0.4, 0.5) is 5.69 Å². The monoisotopic (exact) mass is 494 g/mol. The molecule has 0 aliphatic carbocycles. The number of carbonyl (C=O) groups is 2. The Bertz CT molecular complexity index is 834. The summed E-state index contributed by atoms with van der Waals surface area (Å²) in [5, 5.41) is 12.8. The molecule has 3 rings (SSSR count). The van der Waals surface area contributed by atoms with E-state index in [2.05, 4.69) is 37.2 Å². The molecule has 7 heteroatoms. The summed E-state index contributed by atoms with van der Waals surface area (Å²) in [6.45, 7) is 1.37. The van der Waals surface area contributed by atoms with Crippen LogP contribution < -0.4 is 5.32 Å². The molecule has 0 radical (unpaired) electrons. The van der Waals surface area contributed by atoms with E-state index in [1.807, 2.05) is 53.4 Å². The zero-order chi connectivity index (χ0) is 19.4. The smallest absolute Gasteiger partial charge is 0.314 e. The van der Waals surface area contributed by atoms with Crippen molar-refractivity contribution in [3.05, 3.63) is 63.0 Å². The first kappa shape index (κ1) is 20.0. The van der Waals surface area contributed by atoms with Crippen LogP contribution in [0, 0.1) is 0 Å². The van der Waals surface area contributed by atoms with E-state index in [9.17, 15) is 14.7 Å². The maximum atomic E-state index is 12.4. The molecule has 1 aliphatic rings. The van der Waals surface area contributed by atoms with Gasteiger partial charge in [0.25, 0.3) is 0 Å². The predicted octanol–water partition coefficient (Wildman–Crippen LogP) is 4.27. The average Bonchev–Trinajstić information content (AvgIpc) is 2.66. The van der Waals surface area contributed by atoms with Crippen LogP contribution in [-0.2, 0) is 15.0 Å². The number of benzene rings is 2. The third-order valence-electron chi connectivity index (χ3n) is 5.02. The number of halogens is 2. The second-order valence-corrected chi connectivity index (χ2v) is 8.47. The number of amides is 1. The fraction of sp³-hybridized carbons (Fsp3) is 0.300. The van der Waals surface area contributed by atoms with Crippen LogP contribution in [0.25, 0.3) is 0 Å².